The molecule has 194 valence electrons. The molecule has 12 nitrogen and oxygen atoms in total. The van der Waals surface area contributed by atoms with Gasteiger partial charge >= 0.3 is 12.1 Å². The minimum absolute atomic E-state index is 0.0308. The van der Waals surface area contributed by atoms with Crippen LogP contribution in [-0.2, 0) is 30.5 Å². The summed E-state index contributed by atoms with van der Waals surface area (Å²) in [5, 5.41) is 18.6. The maximum Gasteiger partial charge on any atom is 0.408 e. The van der Waals surface area contributed by atoms with Crippen molar-refractivity contribution in [3.63, 3.8) is 0 Å². The first kappa shape index (κ1) is 29.4. The minimum atomic E-state index is -1.21. The molecule has 1 rings (SSSR count). The predicted octanol–water partition coefficient (Wildman–Crippen LogP) is 0.00910. The fourth-order valence-corrected chi connectivity index (χ4v) is 2.85. The van der Waals surface area contributed by atoms with Gasteiger partial charge in [0.1, 0.15) is 30.8 Å². The van der Waals surface area contributed by atoms with Gasteiger partial charge in [0.2, 0.25) is 17.7 Å². The fraction of sp³-hybridized carbons (Fsp3) is 0.522. The monoisotopic (exact) mass is 493 g/mol. The largest absolute Gasteiger partial charge is 0.480 e. The van der Waals surface area contributed by atoms with Crippen LogP contribution in [0.1, 0.15) is 45.6 Å². The van der Waals surface area contributed by atoms with E-state index in [9.17, 15) is 24.0 Å². The summed E-state index contributed by atoms with van der Waals surface area (Å²) in [5.41, 5.74) is 6.30. The van der Waals surface area contributed by atoms with Gasteiger partial charge in [-0.05, 0) is 52.1 Å². The van der Waals surface area contributed by atoms with E-state index < -0.39 is 54.0 Å². The maximum absolute atomic E-state index is 12.8. The topological polar surface area (TPSA) is 189 Å². The summed E-state index contributed by atoms with van der Waals surface area (Å²) in [6, 6.07) is 4.89. The van der Waals surface area contributed by atoms with Crippen molar-refractivity contribution in [1.29, 1.82) is 0 Å². The van der Waals surface area contributed by atoms with Gasteiger partial charge in [0, 0.05) is 0 Å². The SMILES string of the molecule is C[C@H](NC(=O)[C@H](C)NC(=O)[C@H](C)NC(=O)[C@H](CCCCN)NC(=O)OCc1ccccc1)C(=O)O. The number of benzene rings is 1. The molecule has 4 atom stereocenters. The third-order valence-corrected chi connectivity index (χ3v) is 5.00. The third kappa shape index (κ3) is 11.3. The fourth-order valence-electron chi connectivity index (χ4n) is 2.85. The number of aliphatic carboxylic acids is 1. The molecule has 0 fully saturated rings. The lowest BCUT2D eigenvalue weighted by atomic mass is 10.1. The van der Waals surface area contributed by atoms with Crippen molar-refractivity contribution >= 4 is 29.8 Å². The standard InChI is InChI=1S/C23H35N5O7/c1-14(20(30)27-16(3)22(32)33)25-19(29)15(2)26-21(31)18(11-7-8-12-24)28-23(34)35-13-17-9-5-4-6-10-17/h4-6,9-10,14-16,18H,7-8,11-13,24H2,1-3H3,(H,25,29)(H,26,31)(H,27,30)(H,28,34)(H,32,33)/t14-,15-,16-,18-/m0/s1. The number of rotatable bonds is 14. The molecule has 7 N–H and O–H groups in total. The molecule has 1 aromatic carbocycles. The highest BCUT2D eigenvalue weighted by Crippen LogP contribution is 2.05. The average Bonchev–Trinajstić information content (AvgIpc) is 2.82. The Balaban J connectivity index is 2.64. The highest BCUT2D eigenvalue weighted by Gasteiger charge is 2.27. The van der Waals surface area contributed by atoms with Crippen molar-refractivity contribution in [2.45, 2.75) is 70.8 Å². The maximum atomic E-state index is 12.8. The number of amides is 4. The number of nitrogens with two attached hydrogens (primary N) is 1. The molecular weight excluding hydrogens is 458 g/mol. The Labute approximate surface area is 204 Å². The van der Waals surface area contributed by atoms with Gasteiger partial charge in [0.05, 0.1) is 0 Å². The van der Waals surface area contributed by atoms with Crippen molar-refractivity contribution in [2.75, 3.05) is 6.54 Å². The zero-order valence-corrected chi connectivity index (χ0v) is 20.2. The smallest absolute Gasteiger partial charge is 0.408 e. The number of nitrogens with one attached hydrogen (secondary N) is 4. The number of unbranched alkanes of at least 4 members (excludes halogenated alkanes) is 1. The van der Waals surface area contributed by atoms with Crippen LogP contribution in [0, 0.1) is 0 Å². The highest BCUT2D eigenvalue weighted by atomic mass is 16.5. The molecule has 0 spiro atoms. The Kier molecular flexibility index (Phi) is 12.8. The normalized spacial score (nSPS) is 13.9. The third-order valence-electron chi connectivity index (χ3n) is 5.00. The lowest BCUT2D eigenvalue weighted by molar-refractivity contribution is -0.141. The molecule has 0 aliphatic rings. The Morgan fingerprint density at radius 3 is 1.91 bits per heavy atom. The first-order valence-electron chi connectivity index (χ1n) is 11.4. The van der Waals surface area contributed by atoms with Crippen LogP contribution in [0.5, 0.6) is 0 Å². The molecule has 0 saturated carbocycles. The van der Waals surface area contributed by atoms with Crippen LogP contribution in [-0.4, -0.2) is 65.6 Å². The molecular formula is C23H35N5O7. The Morgan fingerprint density at radius 2 is 1.37 bits per heavy atom. The number of alkyl carbamates (subject to hydrolysis) is 1. The van der Waals surface area contributed by atoms with Crippen molar-refractivity contribution in [3.05, 3.63) is 35.9 Å². The Bertz CT molecular complexity index is 865. The summed E-state index contributed by atoms with van der Waals surface area (Å²) >= 11 is 0. The van der Waals surface area contributed by atoms with Crippen LogP contribution in [0.2, 0.25) is 0 Å². The Hall–Kier alpha value is -3.67. The molecule has 0 heterocycles. The van der Waals surface area contributed by atoms with Crippen LogP contribution in [0.15, 0.2) is 30.3 Å². The molecule has 12 heteroatoms. The van der Waals surface area contributed by atoms with Gasteiger partial charge < -0.3 is 36.8 Å². The summed E-state index contributed by atoms with van der Waals surface area (Å²) in [6.07, 6.45) is 0.704. The molecule has 0 unspecified atom stereocenters. The van der Waals surface area contributed by atoms with E-state index in [0.717, 1.165) is 5.56 Å². The summed E-state index contributed by atoms with van der Waals surface area (Å²) in [6.45, 7) is 4.55. The zero-order chi connectivity index (χ0) is 26.4. The summed E-state index contributed by atoms with van der Waals surface area (Å²) in [5.74, 6) is -3.16. The highest BCUT2D eigenvalue weighted by molar-refractivity contribution is 5.94. The van der Waals surface area contributed by atoms with Crippen molar-refractivity contribution in [1.82, 2.24) is 21.3 Å². The number of hydrogen-bond acceptors (Lipinski definition) is 7. The molecule has 0 aliphatic heterocycles. The van der Waals surface area contributed by atoms with Gasteiger partial charge in [0.15, 0.2) is 0 Å². The van der Waals surface area contributed by atoms with Crippen molar-refractivity contribution in [3.8, 4) is 0 Å². The van der Waals surface area contributed by atoms with Gasteiger partial charge in [-0.25, -0.2) is 4.79 Å². The van der Waals surface area contributed by atoms with Gasteiger partial charge in [-0.1, -0.05) is 30.3 Å². The van der Waals surface area contributed by atoms with Crippen LogP contribution in [0.4, 0.5) is 4.79 Å². The van der Waals surface area contributed by atoms with Crippen LogP contribution >= 0.6 is 0 Å². The number of carboxylic acid groups (broad SMARTS) is 1. The van der Waals surface area contributed by atoms with E-state index >= 15 is 0 Å². The van der Waals surface area contributed by atoms with Crippen molar-refractivity contribution < 1.29 is 33.8 Å². The van der Waals surface area contributed by atoms with Crippen molar-refractivity contribution in [2.24, 2.45) is 5.73 Å². The first-order valence-corrected chi connectivity index (χ1v) is 11.4. The lowest BCUT2D eigenvalue weighted by Gasteiger charge is -2.22. The van der Waals surface area contributed by atoms with Gasteiger partial charge in [-0.2, -0.15) is 0 Å². The number of hydrogen-bond donors (Lipinski definition) is 6. The zero-order valence-electron chi connectivity index (χ0n) is 20.2. The van der Waals surface area contributed by atoms with E-state index in [1.807, 2.05) is 18.2 Å². The van der Waals surface area contributed by atoms with Gasteiger partial charge in [-0.15, -0.1) is 0 Å². The molecule has 0 aromatic heterocycles. The van der Waals surface area contributed by atoms with E-state index in [0.29, 0.717) is 19.4 Å². The molecule has 0 radical (unpaired) electrons. The number of carbonyl (C=O) groups excluding carboxylic acids is 4. The number of carbonyl (C=O) groups is 5. The Morgan fingerprint density at radius 1 is 0.829 bits per heavy atom. The number of carboxylic acids is 1. The first-order chi connectivity index (χ1) is 16.5. The molecule has 0 bridgehead atoms. The predicted molar refractivity (Wildman–Crippen MR) is 127 cm³/mol. The van der Waals surface area contributed by atoms with E-state index in [2.05, 4.69) is 21.3 Å². The van der Waals surface area contributed by atoms with E-state index in [-0.39, 0.29) is 13.0 Å². The summed E-state index contributed by atoms with van der Waals surface area (Å²) in [4.78, 5) is 60.3. The second kappa shape index (κ2) is 15.3. The lowest BCUT2D eigenvalue weighted by Crippen LogP contribution is -2.56. The van der Waals surface area contributed by atoms with Crippen LogP contribution in [0.25, 0.3) is 0 Å². The van der Waals surface area contributed by atoms with Crippen LogP contribution < -0.4 is 27.0 Å². The molecule has 35 heavy (non-hydrogen) atoms. The van der Waals surface area contributed by atoms with E-state index in [1.54, 1.807) is 12.1 Å². The second-order valence-electron chi connectivity index (χ2n) is 8.07. The quantitative estimate of drug-likeness (QED) is 0.195. The summed E-state index contributed by atoms with van der Waals surface area (Å²) in [7, 11) is 0. The molecule has 1 aromatic rings. The van der Waals surface area contributed by atoms with E-state index in [1.165, 1.54) is 20.8 Å². The van der Waals surface area contributed by atoms with Crippen LogP contribution in [0.3, 0.4) is 0 Å². The number of ether oxygens (including phenoxy) is 1. The minimum Gasteiger partial charge on any atom is -0.480 e. The average molecular weight is 494 g/mol. The summed E-state index contributed by atoms with van der Waals surface area (Å²) < 4.78 is 5.17. The second-order valence-corrected chi connectivity index (χ2v) is 8.07. The molecule has 0 saturated heterocycles. The van der Waals surface area contributed by atoms with Gasteiger partial charge in [0.25, 0.3) is 0 Å². The van der Waals surface area contributed by atoms with E-state index in [4.69, 9.17) is 15.6 Å². The van der Waals surface area contributed by atoms with Gasteiger partial charge in [-0.3, -0.25) is 19.2 Å². The molecule has 0 aliphatic carbocycles. The molecule has 4 amide bonds.